The minimum atomic E-state index is 0.838. The van der Waals surface area contributed by atoms with Crippen LogP contribution < -0.4 is 5.46 Å². The summed E-state index contributed by atoms with van der Waals surface area (Å²) in [6, 6.07) is 11.8. The van der Waals surface area contributed by atoms with E-state index < -0.39 is 0 Å². The van der Waals surface area contributed by atoms with E-state index in [9.17, 15) is 0 Å². The van der Waals surface area contributed by atoms with Crippen molar-refractivity contribution in [2.75, 3.05) is 0 Å². The van der Waals surface area contributed by atoms with Gasteiger partial charge in [0.1, 0.15) is 0 Å². The average Bonchev–Trinajstić information content (AvgIpc) is 2.17. The van der Waals surface area contributed by atoms with Gasteiger partial charge >= 0.3 is 7.48 Å². The zero-order chi connectivity index (χ0) is 9.26. The molecule has 0 aromatic heterocycles. The van der Waals surface area contributed by atoms with Crippen molar-refractivity contribution in [3.8, 4) is 0 Å². The van der Waals surface area contributed by atoms with Gasteiger partial charge in [-0.1, -0.05) is 46.3 Å². The Hall–Kier alpha value is -0.795. The molecular formula is C10H7BBrO. The van der Waals surface area contributed by atoms with Crippen molar-refractivity contribution in [1.82, 2.24) is 0 Å². The van der Waals surface area contributed by atoms with E-state index in [-0.39, 0.29) is 0 Å². The van der Waals surface area contributed by atoms with Gasteiger partial charge in [-0.15, -0.1) is 0 Å². The molecule has 0 bridgehead atoms. The highest BCUT2D eigenvalue weighted by molar-refractivity contribution is 9.10. The summed E-state index contributed by atoms with van der Waals surface area (Å²) >= 11 is 3.46. The molecule has 0 aliphatic heterocycles. The molecule has 0 unspecified atom stereocenters. The van der Waals surface area contributed by atoms with E-state index in [2.05, 4.69) is 15.9 Å². The quantitative estimate of drug-likeness (QED) is 0.746. The highest BCUT2D eigenvalue weighted by Crippen LogP contribution is 2.21. The Kier molecular flexibility index (Phi) is 2.38. The molecule has 2 aromatic rings. The van der Waals surface area contributed by atoms with Crippen LogP contribution in [0.15, 0.2) is 40.9 Å². The predicted octanol–water partition coefficient (Wildman–Crippen LogP) is 1.84. The number of hydrogen-bond acceptors (Lipinski definition) is 1. The van der Waals surface area contributed by atoms with Crippen LogP contribution in [0, 0.1) is 0 Å². The van der Waals surface area contributed by atoms with Gasteiger partial charge in [0.05, 0.1) is 0 Å². The van der Waals surface area contributed by atoms with Crippen molar-refractivity contribution in [3.63, 3.8) is 0 Å². The van der Waals surface area contributed by atoms with Gasteiger partial charge in [-0.2, -0.15) is 0 Å². The van der Waals surface area contributed by atoms with E-state index in [0.29, 0.717) is 0 Å². The summed E-state index contributed by atoms with van der Waals surface area (Å²) < 4.78 is 1.01. The van der Waals surface area contributed by atoms with Crippen LogP contribution in [-0.4, -0.2) is 12.5 Å². The van der Waals surface area contributed by atoms with Gasteiger partial charge in [0.25, 0.3) is 0 Å². The van der Waals surface area contributed by atoms with E-state index in [0.717, 1.165) is 28.2 Å². The molecule has 1 nitrogen and oxygen atoms in total. The maximum absolute atomic E-state index is 9.01. The number of halogens is 1. The summed E-state index contributed by atoms with van der Waals surface area (Å²) in [5, 5.41) is 11.2. The predicted molar refractivity (Wildman–Crippen MR) is 59.3 cm³/mol. The van der Waals surface area contributed by atoms with Crippen LogP contribution in [0.3, 0.4) is 0 Å². The van der Waals surface area contributed by atoms with Gasteiger partial charge in [-0.25, -0.2) is 0 Å². The van der Waals surface area contributed by atoms with Gasteiger partial charge in [0.2, 0.25) is 0 Å². The molecule has 2 rings (SSSR count). The van der Waals surface area contributed by atoms with Crippen molar-refractivity contribution < 1.29 is 5.02 Å². The van der Waals surface area contributed by atoms with Crippen molar-refractivity contribution in [2.24, 2.45) is 0 Å². The van der Waals surface area contributed by atoms with Gasteiger partial charge in [0, 0.05) is 4.47 Å². The summed E-state index contributed by atoms with van der Waals surface area (Å²) in [5.74, 6) is 0. The second-order valence-corrected chi connectivity index (χ2v) is 3.67. The molecule has 0 atom stereocenters. The normalized spacial score (nSPS) is 10.3. The third kappa shape index (κ3) is 1.49. The fourth-order valence-electron chi connectivity index (χ4n) is 1.43. The Bertz CT molecular complexity index is 437. The van der Waals surface area contributed by atoms with Crippen LogP contribution in [0.2, 0.25) is 0 Å². The van der Waals surface area contributed by atoms with Gasteiger partial charge < -0.3 is 5.02 Å². The Morgan fingerprint density at radius 2 is 1.77 bits per heavy atom. The SMILES string of the molecule is O[B]c1cccc2cccc(Br)c12. The molecule has 0 fully saturated rings. The molecular weight excluding hydrogens is 227 g/mol. The van der Waals surface area contributed by atoms with Gasteiger partial charge in [-0.05, 0) is 22.3 Å². The van der Waals surface area contributed by atoms with E-state index in [1.54, 1.807) is 0 Å². The Labute approximate surface area is 85.8 Å². The van der Waals surface area contributed by atoms with Gasteiger partial charge in [-0.3, -0.25) is 0 Å². The lowest BCUT2D eigenvalue weighted by molar-refractivity contribution is 0.616. The van der Waals surface area contributed by atoms with Crippen LogP contribution in [0.25, 0.3) is 10.8 Å². The van der Waals surface area contributed by atoms with Crippen LogP contribution in [0.4, 0.5) is 0 Å². The van der Waals surface area contributed by atoms with E-state index in [4.69, 9.17) is 5.02 Å². The zero-order valence-corrected chi connectivity index (χ0v) is 8.45. The lowest BCUT2D eigenvalue weighted by atomic mass is 9.84. The van der Waals surface area contributed by atoms with Crippen LogP contribution in [-0.2, 0) is 0 Å². The third-order valence-corrected chi connectivity index (χ3v) is 2.69. The molecule has 63 valence electrons. The first-order valence-electron chi connectivity index (χ1n) is 3.97. The maximum Gasteiger partial charge on any atom is 0.327 e. The topological polar surface area (TPSA) is 20.2 Å². The molecule has 0 saturated heterocycles. The molecule has 0 aliphatic rings. The zero-order valence-electron chi connectivity index (χ0n) is 6.87. The summed E-state index contributed by atoms with van der Waals surface area (Å²) in [5.41, 5.74) is 0.838. The Morgan fingerprint density at radius 1 is 1.08 bits per heavy atom. The minimum Gasteiger partial charge on any atom is -0.450 e. The Balaban J connectivity index is 2.87. The third-order valence-electron chi connectivity index (χ3n) is 2.03. The molecule has 13 heavy (non-hydrogen) atoms. The fourth-order valence-corrected chi connectivity index (χ4v) is 2.04. The molecule has 0 spiro atoms. The van der Waals surface area contributed by atoms with Crippen molar-refractivity contribution in [3.05, 3.63) is 40.9 Å². The monoisotopic (exact) mass is 233 g/mol. The van der Waals surface area contributed by atoms with Crippen LogP contribution >= 0.6 is 15.9 Å². The van der Waals surface area contributed by atoms with Crippen molar-refractivity contribution in [1.29, 1.82) is 0 Å². The lowest BCUT2D eigenvalue weighted by Gasteiger charge is -2.04. The fraction of sp³-hybridized carbons (Fsp3) is 0. The smallest absolute Gasteiger partial charge is 0.327 e. The highest BCUT2D eigenvalue weighted by Gasteiger charge is 2.03. The first kappa shape index (κ1) is 8.79. The largest absolute Gasteiger partial charge is 0.450 e. The van der Waals surface area contributed by atoms with Crippen LogP contribution in [0.1, 0.15) is 0 Å². The minimum absolute atomic E-state index is 0.838. The molecule has 0 heterocycles. The first-order chi connectivity index (χ1) is 6.33. The summed E-state index contributed by atoms with van der Waals surface area (Å²) in [4.78, 5) is 0. The molecule has 1 N–H and O–H groups in total. The lowest BCUT2D eigenvalue weighted by Crippen LogP contribution is -2.14. The maximum atomic E-state index is 9.01. The molecule has 0 aliphatic carbocycles. The number of rotatable bonds is 1. The van der Waals surface area contributed by atoms with Crippen molar-refractivity contribution in [2.45, 2.75) is 0 Å². The molecule has 3 heteroatoms. The number of benzene rings is 2. The summed E-state index contributed by atoms with van der Waals surface area (Å²) in [7, 11) is 1.13. The average molecular weight is 234 g/mol. The van der Waals surface area contributed by atoms with Crippen molar-refractivity contribution >= 4 is 39.6 Å². The first-order valence-corrected chi connectivity index (χ1v) is 4.77. The van der Waals surface area contributed by atoms with E-state index in [1.165, 1.54) is 0 Å². The summed E-state index contributed by atoms with van der Waals surface area (Å²) in [6.45, 7) is 0. The molecule has 0 saturated carbocycles. The molecule has 2 aromatic carbocycles. The second kappa shape index (κ2) is 3.52. The number of fused-ring (bicyclic) bond motifs is 1. The second-order valence-electron chi connectivity index (χ2n) is 2.81. The summed E-state index contributed by atoms with van der Waals surface area (Å²) in [6.07, 6.45) is 0. The number of hydrogen-bond donors (Lipinski definition) is 1. The Morgan fingerprint density at radius 3 is 2.46 bits per heavy atom. The van der Waals surface area contributed by atoms with Crippen LogP contribution in [0.5, 0.6) is 0 Å². The highest BCUT2D eigenvalue weighted by atomic mass is 79.9. The molecule has 0 amide bonds. The molecule has 1 radical (unpaired) electrons. The van der Waals surface area contributed by atoms with E-state index in [1.807, 2.05) is 36.4 Å². The van der Waals surface area contributed by atoms with E-state index >= 15 is 0 Å². The standard InChI is InChI=1S/C10H7BBrO/c12-9-6-2-4-7-3-1-5-8(11-13)10(7)9/h1-6,13H. The van der Waals surface area contributed by atoms with Gasteiger partial charge in [0.15, 0.2) is 0 Å².